The van der Waals surface area contributed by atoms with Gasteiger partial charge in [0.1, 0.15) is 5.82 Å². The van der Waals surface area contributed by atoms with Crippen molar-refractivity contribution < 1.29 is 8.78 Å². The molecular formula is C16H17F2N. The second-order valence-electron chi connectivity index (χ2n) is 4.78. The van der Waals surface area contributed by atoms with Gasteiger partial charge in [0, 0.05) is 13.0 Å². The van der Waals surface area contributed by atoms with E-state index in [1.807, 2.05) is 13.0 Å². The maximum absolute atomic E-state index is 15.0. The summed E-state index contributed by atoms with van der Waals surface area (Å²) >= 11 is 0. The molecule has 0 aliphatic heterocycles. The molecule has 2 N–H and O–H groups in total. The summed E-state index contributed by atoms with van der Waals surface area (Å²) in [5.74, 6) is -0.354. The first kappa shape index (κ1) is 13.7. The van der Waals surface area contributed by atoms with Gasteiger partial charge in [0.05, 0.1) is 0 Å². The highest BCUT2D eigenvalue weighted by Crippen LogP contribution is 2.30. The Labute approximate surface area is 112 Å². The fourth-order valence-electron chi connectivity index (χ4n) is 2.16. The van der Waals surface area contributed by atoms with Crippen molar-refractivity contribution in [3.05, 3.63) is 71.0 Å². The lowest BCUT2D eigenvalue weighted by Crippen LogP contribution is -2.33. The average Bonchev–Trinajstić information content (AvgIpc) is 2.44. The molecule has 1 atom stereocenters. The van der Waals surface area contributed by atoms with Crippen molar-refractivity contribution >= 4 is 0 Å². The largest absolute Gasteiger partial charge is 0.327 e. The van der Waals surface area contributed by atoms with Crippen LogP contribution < -0.4 is 5.73 Å². The molecule has 1 nitrogen and oxygen atoms in total. The molecule has 100 valence electrons. The molecular weight excluding hydrogens is 244 g/mol. The number of alkyl halides is 1. The summed E-state index contributed by atoms with van der Waals surface area (Å²) in [6.07, 6.45) is 0.0805. The highest BCUT2D eigenvalue weighted by Gasteiger charge is 2.31. The summed E-state index contributed by atoms with van der Waals surface area (Å²) in [7, 11) is 0. The zero-order valence-corrected chi connectivity index (χ0v) is 10.9. The first-order valence-electron chi connectivity index (χ1n) is 6.25. The molecule has 0 heterocycles. The van der Waals surface area contributed by atoms with Crippen molar-refractivity contribution in [1.82, 2.24) is 0 Å². The van der Waals surface area contributed by atoms with E-state index in [4.69, 9.17) is 5.73 Å². The minimum absolute atomic E-state index is 0.0805. The number of halogens is 2. The molecule has 0 aliphatic rings. The lowest BCUT2D eigenvalue weighted by atomic mass is 9.87. The Morgan fingerprint density at radius 3 is 2.42 bits per heavy atom. The SMILES string of the molecule is Cc1ccc(F)cc1CC(F)(CN)c1ccccc1. The molecule has 1 unspecified atom stereocenters. The van der Waals surface area contributed by atoms with Crippen LogP contribution in [0.5, 0.6) is 0 Å². The second kappa shape index (κ2) is 5.49. The van der Waals surface area contributed by atoms with Gasteiger partial charge in [-0.15, -0.1) is 0 Å². The summed E-state index contributed by atoms with van der Waals surface area (Å²) in [6, 6.07) is 13.2. The van der Waals surface area contributed by atoms with Gasteiger partial charge in [0.2, 0.25) is 0 Å². The highest BCUT2D eigenvalue weighted by molar-refractivity contribution is 5.32. The van der Waals surface area contributed by atoms with Crippen LogP contribution in [0.3, 0.4) is 0 Å². The van der Waals surface area contributed by atoms with E-state index >= 15 is 4.39 Å². The van der Waals surface area contributed by atoms with E-state index in [1.54, 1.807) is 30.3 Å². The van der Waals surface area contributed by atoms with E-state index in [1.165, 1.54) is 12.1 Å². The Morgan fingerprint density at radius 1 is 1.11 bits per heavy atom. The van der Waals surface area contributed by atoms with Crippen molar-refractivity contribution in [3.8, 4) is 0 Å². The maximum Gasteiger partial charge on any atom is 0.152 e. The van der Waals surface area contributed by atoms with Crippen molar-refractivity contribution in [2.45, 2.75) is 19.0 Å². The molecule has 2 rings (SSSR count). The van der Waals surface area contributed by atoms with Gasteiger partial charge in [0.25, 0.3) is 0 Å². The third-order valence-electron chi connectivity index (χ3n) is 3.40. The summed E-state index contributed by atoms with van der Waals surface area (Å²) in [6.45, 7) is 1.71. The Hall–Kier alpha value is -1.74. The summed E-state index contributed by atoms with van der Waals surface area (Å²) in [5, 5.41) is 0. The van der Waals surface area contributed by atoms with E-state index in [2.05, 4.69) is 0 Å². The monoisotopic (exact) mass is 261 g/mol. The predicted octanol–water partition coefficient (Wildman–Crippen LogP) is 3.50. The van der Waals surface area contributed by atoms with Crippen LogP contribution in [0.25, 0.3) is 0 Å². The van der Waals surface area contributed by atoms with Crippen LogP contribution >= 0.6 is 0 Å². The van der Waals surface area contributed by atoms with Gasteiger partial charge in [0.15, 0.2) is 5.67 Å². The first-order valence-corrected chi connectivity index (χ1v) is 6.25. The normalized spacial score (nSPS) is 14.1. The minimum Gasteiger partial charge on any atom is -0.327 e. The Kier molecular flexibility index (Phi) is 3.96. The van der Waals surface area contributed by atoms with Crippen LogP contribution in [-0.4, -0.2) is 6.54 Å². The third-order valence-corrected chi connectivity index (χ3v) is 3.40. The van der Waals surface area contributed by atoms with Gasteiger partial charge in [-0.3, -0.25) is 0 Å². The minimum atomic E-state index is -1.67. The van der Waals surface area contributed by atoms with Crippen LogP contribution in [0, 0.1) is 12.7 Å². The molecule has 0 aliphatic carbocycles. The van der Waals surface area contributed by atoms with Crippen LogP contribution in [0.1, 0.15) is 16.7 Å². The first-order chi connectivity index (χ1) is 9.05. The van der Waals surface area contributed by atoms with Crippen molar-refractivity contribution in [2.24, 2.45) is 5.73 Å². The van der Waals surface area contributed by atoms with Gasteiger partial charge in [-0.1, -0.05) is 36.4 Å². The van der Waals surface area contributed by atoms with Crippen LogP contribution in [0.15, 0.2) is 48.5 Å². The maximum atomic E-state index is 15.0. The highest BCUT2D eigenvalue weighted by atomic mass is 19.1. The number of benzene rings is 2. The standard InChI is InChI=1S/C16H17F2N/c1-12-7-8-15(17)9-13(12)10-16(18,11-19)14-5-3-2-4-6-14/h2-9H,10-11,19H2,1H3. The number of hydrogen-bond acceptors (Lipinski definition) is 1. The van der Waals surface area contributed by atoms with E-state index in [-0.39, 0.29) is 18.8 Å². The molecule has 3 heteroatoms. The average molecular weight is 261 g/mol. The molecule has 0 bridgehead atoms. The molecule has 0 saturated heterocycles. The number of hydrogen-bond donors (Lipinski definition) is 1. The Morgan fingerprint density at radius 2 is 1.79 bits per heavy atom. The van der Waals surface area contributed by atoms with E-state index in [9.17, 15) is 4.39 Å². The lowest BCUT2D eigenvalue weighted by Gasteiger charge is -2.25. The van der Waals surface area contributed by atoms with Gasteiger partial charge < -0.3 is 5.73 Å². The van der Waals surface area contributed by atoms with Crippen LogP contribution in [0.4, 0.5) is 8.78 Å². The van der Waals surface area contributed by atoms with Crippen molar-refractivity contribution in [2.75, 3.05) is 6.54 Å². The predicted molar refractivity (Wildman–Crippen MR) is 73.1 cm³/mol. The lowest BCUT2D eigenvalue weighted by molar-refractivity contribution is 0.175. The van der Waals surface area contributed by atoms with E-state index in [0.29, 0.717) is 11.1 Å². The van der Waals surface area contributed by atoms with Gasteiger partial charge in [-0.05, 0) is 35.7 Å². The summed E-state index contributed by atoms with van der Waals surface area (Å²) in [4.78, 5) is 0. The molecule has 0 aromatic heterocycles. The Bertz CT molecular complexity index is 554. The molecule has 0 fully saturated rings. The molecule has 0 saturated carbocycles. The van der Waals surface area contributed by atoms with E-state index in [0.717, 1.165) is 5.56 Å². The molecule has 2 aromatic rings. The molecule has 0 amide bonds. The molecule has 0 spiro atoms. The second-order valence-corrected chi connectivity index (χ2v) is 4.78. The Balaban J connectivity index is 2.36. The topological polar surface area (TPSA) is 26.0 Å². The molecule has 0 radical (unpaired) electrons. The zero-order chi connectivity index (χ0) is 13.9. The number of rotatable bonds is 4. The quantitative estimate of drug-likeness (QED) is 0.895. The fourth-order valence-corrected chi connectivity index (χ4v) is 2.16. The molecule has 19 heavy (non-hydrogen) atoms. The molecule has 2 aromatic carbocycles. The van der Waals surface area contributed by atoms with Crippen molar-refractivity contribution in [1.29, 1.82) is 0 Å². The number of aryl methyl sites for hydroxylation is 1. The van der Waals surface area contributed by atoms with Gasteiger partial charge in [-0.2, -0.15) is 0 Å². The van der Waals surface area contributed by atoms with Crippen LogP contribution in [0.2, 0.25) is 0 Å². The van der Waals surface area contributed by atoms with E-state index < -0.39 is 5.67 Å². The van der Waals surface area contributed by atoms with Gasteiger partial charge >= 0.3 is 0 Å². The summed E-state index contributed by atoms with van der Waals surface area (Å²) < 4.78 is 28.3. The van der Waals surface area contributed by atoms with Gasteiger partial charge in [-0.25, -0.2) is 8.78 Å². The smallest absolute Gasteiger partial charge is 0.152 e. The van der Waals surface area contributed by atoms with Crippen molar-refractivity contribution in [3.63, 3.8) is 0 Å². The fraction of sp³-hybridized carbons (Fsp3) is 0.250. The van der Waals surface area contributed by atoms with Crippen LogP contribution in [-0.2, 0) is 12.1 Å². The zero-order valence-electron chi connectivity index (χ0n) is 10.9. The summed E-state index contributed by atoms with van der Waals surface area (Å²) in [5.41, 5.74) is 5.99. The number of nitrogens with two attached hydrogens (primary N) is 1. The third kappa shape index (κ3) is 2.99.